The van der Waals surface area contributed by atoms with E-state index in [0.717, 1.165) is 29.6 Å². The van der Waals surface area contributed by atoms with E-state index in [9.17, 15) is 14.0 Å². The molecule has 0 saturated heterocycles. The smallest absolute Gasteiger partial charge is 0.251 e. The second kappa shape index (κ2) is 13.1. The molecule has 0 fully saturated rings. The number of halogens is 1. The molecule has 10 nitrogen and oxygen atoms in total. The first kappa shape index (κ1) is 27.2. The van der Waals surface area contributed by atoms with Crippen LogP contribution in [0, 0.1) is 12.7 Å². The van der Waals surface area contributed by atoms with Crippen LogP contribution in [-0.4, -0.2) is 49.1 Å². The highest BCUT2D eigenvalue weighted by atomic mass is 32.2. The van der Waals surface area contributed by atoms with E-state index >= 15 is 0 Å². The molecule has 0 atom stereocenters. The molecule has 2 aromatic carbocycles. The number of anilines is 1. The summed E-state index contributed by atoms with van der Waals surface area (Å²) in [5.74, 6) is 0.207. The summed E-state index contributed by atoms with van der Waals surface area (Å²) in [7, 11) is 0. The number of aryl methyl sites for hydroxylation is 1. The molecule has 4 aromatic rings. The zero-order chi connectivity index (χ0) is 26.9. The number of hydrogen-bond acceptors (Lipinski definition) is 9. The molecule has 0 spiro atoms. The summed E-state index contributed by atoms with van der Waals surface area (Å²) in [5.41, 5.74) is 1.07. The van der Waals surface area contributed by atoms with Crippen molar-refractivity contribution in [3.05, 3.63) is 70.7 Å². The van der Waals surface area contributed by atoms with Gasteiger partial charge in [-0.2, -0.15) is 0 Å². The third-order valence-corrected chi connectivity index (χ3v) is 6.86. The number of ether oxygens (including phenoxy) is 1. The summed E-state index contributed by atoms with van der Waals surface area (Å²) in [5, 5.41) is 23.3. The van der Waals surface area contributed by atoms with E-state index < -0.39 is 0 Å². The first-order valence-corrected chi connectivity index (χ1v) is 13.7. The third kappa shape index (κ3) is 7.35. The van der Waals surface area contributed by atoms with Crippen molar-refractivity contribution in [1.82, 2.24) is 30.3 Å². The Balaban J connectivity index is 1.43. The summed E-state index contributed by atoms with van der Waals surface area (Å²) >= 11 is 2.43. The number of carbonyl (C=O) groups excluding carboxylic acids is 2. The Morgan fingerprint density at radius 3 is 2.50 bits per heavy atom. The normalized spacial score (nSPS) is 10.8. The van der Waals surface area contributed by atoms with Crippen molar-refractivity contribution >= 4 is 40.0 Å². The van der Waals surface area contributed by atoms with Crippen molar-refractivity contribution in [2.24, 2.45) is 0 Å². The minimum atomic E-state index is -0.389. The van der Waals surface area contributed by atoms with Gasteiger partial charge in [0.1, 0.15) is 16.6 Å². The number of nitrogens with one attached hydrogen (secondary N) is 2. The van der Waals surface area contributed by atoms with Crippen molar-refractivity contribution in [2.75, 3.05) is 17.7 Å². The van der Waals surface area contributed by atoms with Gasteiger partial charge in [-0.05, 0) is 61.9 Å². The van der Waals surface area contributed by atoms with Crippen molar-refractivity contribution in [3.63, 3.8) is 0 Å². The highest BCUT2D eigenvalue weighted by Crippen LogP contribution is 2.23. The quantitative estimate of drug-likeness (QED) is 0.195. The fraction of sp³-hybridized carbons (Fsp3) is 0.280. The number of thioether (sulfide) groups is 1. The molecule has 0 aliphatic carbocycles. The predicted molar refractivity (Wildman–Crippen MR) is 143 cm³/mol. The maximum Gasteiger partial charge on any atom is 0.251 e. The summed E-state index contributed by atoms with van der Waals surface area (Å²) in [6.45, 7) is 4.58. The van der Waals surface area contributed by atoms with Gasteiger partial charge < -0.3 is 10.1 Å². The van der Waals surface area contributed by atoms with Gasteiger partial charge in [0.05, 0.1) is 18.9 Å². The zero-order valence-electron chi connectivity index (χ0n) is 20.8. The fourth-order valence-corrected chi connectivity index (χ4v) is 4.67. The van der Waals surface area contributed by atoms with E-state index in [0.29, 0.717) is 39.7 Å². The lowest BCUT2D eigenvalue weighted by molar-refractivity contribution is -0.113. The van der Waals surface area contributed by atoms with Gasteiger partial charge in [0, 0.05) is 11.3 Å². The number of aromatic nitrogens is 5. The average Bonchev–Trinajstić information content (AvgIpc) is 3.52. The van der Waals surface area contributed by atoms with E-state index in [-0.39, 0.29) is 29.9 Å². The van der Waals surface area contributed by atoms with Gasteiger partial charge in [-0.3, -0.25) is 19.5 Å². The summed E-state index contributed by atoms with van der Waals surface area (Å²) in [4.78, 5) is 25.1. The van der Waals surface area contributed by atoms with Crippen molar-refractivity contribution < 1.29 is 18.7 Å². The van der Waals surface area contributed by atoms with Crippen LogP contribution in [0.2, 0.25) is 0 Å². The SMILES string of the molecule is CCCCOc1ccc(C(=O)NCc2nnc(SCC(=O)Nc3nnc(C)s3)n2-c2ccc(F)cc2)cc1. The molecule has 0 aliphatic rings. The first-order chi connectivity index (χ1) is 18.4. The third-order valence-electron chi connectivity index (χ3n) is 5.18. The van der Waals surface area contributed by atoms with Gasteiger partial charge in [-0.25, -0.2) is 4.39 Å². The topological polar surface area (TPSA) is 124 Å². The number of rotatable bonds is 12. The van der Waals surface area contributed by atoms with Crippen LogP contribution in [0.1, 0.15) is 41.0 Å². The fourth-order valence-electron chi connectivity index (χ4n) is 3.29. The second-order valence-electron chi connectivity index (χ2n) is 8.08. The standard InChI is InChI=1S/C25H26FN7O3S2/c1-3-4-13-36-20-11-5-17(6-12-20)23(35)27-14-21-30-32-25(33(21)19-9-7-18(26)8-10-19)37-15-22(34)28-24-31-29-16(2)38-24/h5-12H,3-4,13-15H2,1-2H3,(H,27,35)(H,28,31,34). The Kier molecular flexibility index (Phi) is 9.38. The molecule has 0 radical (unpaired) electrons. The van der Waals surface area contributed by atoms with E-state index in [2.05, 4.69) is 38.0 Å². The maximum absolute atomic E-state index is 13.6. The zero-order valence-corrected chi connectivity index (χ0v) is 22.4. The molecule has 13 heteroatoms. The monoisotopic (exact) mass is 555 g/mol. The Morgan fingerprint density at radius 1 is 1.05 bits per heavy atom. The number of unbranched alkanes of at least 4 members (excludes halogenated alkanes) is 1. The maximum atomic E-state index is 13.6. The molecule has 0 unspecified atom stereocenters. The van der Waals surface area contributed by atoms with Crippen LogP contribution >= 0.6 is 23.1 Å². The molecule has 38 heavy (non-hydrogen) atoms. The average molecular weight is 556 g/mol. The molecule has 2 heterocycles. The molecule has 0 bridgehead atoms. The summed E-state index contributed by atoms with van der Waals surface area (Å²) in [6, 6.07) is 12.7. The van der Waals surface area contributed by atoms with Crippen molar-refractivity contribution in [2.45, 2.75) is 38.4 Å². The van der Waals surface area contributed by atoms with Crippen LogP contribution < -0.4 is 15.4 Å². The minimum absolute atomic E-state index is 0.0387. The number of hydrogen-bond donors (Lipinski definition) is 2. The molecule has 4 rings (SSSR count). The minimum Gasteiger partial charge on any atom is -0.494 e. The van der Waals surface area contributed by atoms with E-state index in [1.807, 2.05) is 0 Å². The molecule has 198 valence electrons. The van der Waals surface area contributed by atoms with Crippen LogP contribution in [-0.2, 0) is 11.3 Å². The molecule has 2 N–H and O–H groups in total. The lowest BCUT2D eigenvalue weighted by atomic mass is 10.2. The number of benzene rings is 2. The Hall–Kier alpha value is -3.84. The molecule has 2 amide bonds. The second-order valence-corrected chi connectivity index (χ2v) is 10.2. The first-order valence-electron chi connectivity index (χ1n) is 11.9. The van der Waals surface area contributed by atoms with Gasteiger partial charge in [0.15, 0.2) is 11.0 Å². The summed E-state index contributed by atoms with van der Waals surface area (Å²) in [6.07, 6.45) is 2.01. The number of amides is 2. The lowest BCUT2D eigenvalue weighted by Crippen LogP contribution is -2.24. The Morgan fingerprint density at radius 2 is 1.82 bits per heavy atom. The summed E-state index contributed by atoms with van der Waals surface area (Å²) < 4.78 is 20.9. The molecule has 2 aromatic heterocycles. The van der Waals surface area contributed by atoms with E-state index in [1.165, 1.54) is 23.5 Å². The molecule has 0 aliphatic heterocycles. The highest BCUT2D eigenvalue weighted by Gasteiger charge is 2.18. The van der Waals surface area contributed by atoms with Crippen molar-refractivity contribution in [3.8, 4) is 11.4 Å². The highest BCUT2D eigenvalue weighted by molar-refractivity contribution is 7.99. The molecule has 0 saturated carbocycles. The van der Waals surface area contributed by atoms with Crippen LogP contribution in [0.25, 0.3) is 5.69 Å². The number of nitrogens with zero attached hydrogens (tertiary/aromatic N) is 5. The predicted octanol–water partition coefficient (Wildman–Crippen LogP) is 4.41. The van der Waals surface area contributed by atoms with Gasteiger partial charge in [0.25, 0.3) is 5.91 Å². The lowest BCUT2D eigenvalue weighted by Gasteiger charge is -2.11. The number of carbonyl (C=O) groups is 2. The van der Waals surface area contributed by atoms with E-state index in [4.69, 9.17) is 4.74 Å². The van der Waals surface area contributed by atoms with Gasteiger partial charge in [0.2, 0.25) is 11.0 Å². The van der Waals surface area contributed by atoms with Crippen molar-refractivity contribution in [1.29, 1.82) is 0 Å². The van der Waals surface area contributed by atoms with E-state index in [1.54, 1.807) is 47.9 Å². The Bertz CT molecular complexity index is 1370. The van der Waals surface area contributed by atoms with Crippen LogP contribution in [0.5, 0.6) is 5.75 Å². The van der Waals surface area contributed by atoms with Crippen LogP contribution in [0.15, 0.2) is 53.7 Å². The van der Waals surface area contributed by atoms with Crippen LogP contribution in [0.4, 0.5) is 9.52 Å². The van der Waals surface area contributed by atoms with Gasteiger partial charge in [-0.15, -0.1) is 20.4 Å². The van der Waals surface area contributed by atoms with Crippen LogP contribution in [0.3, 0.4) is 0 Å². The molecular weight excluding hydrogens is 529 g/mol. The van der Waals surface area contributed by atoms with Gasteiger partial charge in [-0.1, -0.05) is 36.4 Å². The molecular formula is C25H26FN7O3S2. The largest absolute Gasteiger partial charge is 0.494 e. The van der Waals surface area contributed by atoms with Gasteiger partial charge >= 0.3 is 0 Å². The Labute approximate surface area is 227 Å².